The van der Waals surface area contributed by atoms with Crippen LogP contribution < -0.4 is 5.73 Å². The number of aryl methyl sites for hydroxylation is 2. The average molecular weight is 255 g/mol. The molecule has 0 fully saturated rings. The normalized spacial score (nSPS) is 12.8. The highest BCUT2D eigenvalue weighted by Crippen LogP contribution is 2.24. The Morgan fingerprint density at radius 3 is 2.22 bits per heavy atom. The van der Waals surface area contributed by atoms with Crippen LogP contribution in [0.15, 0.2) is 18.3 Å². The standard InChI is InChI=1S/C12H12F3N3/c1-6-5-17-18(2)12(6)11(16)7-3-8(13)10(15)9(14)4-7/h3-5,11H,16H2,1-2H3. The molecule has 6 heteroatoms. The van der Waals surface area contributed by atoms with E-state index in [-0.39, 0.29) is 5.56 Å². The molecule has 0 aliphatic heterocycles. The maximum Gasteiger partial charge on any atom is 0.194 e. The first kappa shape index (κ1) is 12.6. The topological polar surface area (TPSA) is 43.8 Å². The van der Waals surface area contributed by atoms with Crippen molar-refractivity contribution in [2.75, 3.05) is 0 Å². The fourth-order valence-corrected chi connectivity index (χ4v) is 1.92. The lowest BCUT2D eigenvalue weighted by molar-refractivity contribution is 0.444. The van der Waals surface area contributed by atoms with Crippen molar-refractivity contribution in [1.82, 2.24) is 9.78 Å². The van der Waals surface area contributed by atoms with E-state index in [1.54, 1.807) is 20.2 Å². The highest BCUT2D eigenvalue weighted by atomic mass is 19.2. The van der Waals surface area contributed by atoms with Gasteiger partial charge in [0.2, 0.25) is 0 Å². The van der Waals surface area contributed by atoms with Crippen LogP contribution in [0.1, 0.15) is 22.9 Å². The second-order valence-electron chi connectivity index (χ2n) is 4.11. The molecule has 0 radical (unpaired) electrons. The van der Waals surface area contributed by atoms with Crippen LogP contribution in [-0.2, 0) is 7.05 Å². The predicted molar refractivity (Wildman–Crippen MR) is 60.3 cm³/mol. The van der Waals surface area contributed by atoms with Crippen molar-refractivity contribution in [2.45, 2.75) is 13.0 Å². The van der Waals surface area contributed by atoms with Crippen LogP contribution in [-0.4, -0.2) is 9.78 Å². The Bertz CT molecular complexity index is 550. The third-order valence-corrected chi connectivity index (χ3v) is 2.84. The van der Waals surface area contributed by atoms with E-state index in [1.807, 2.05) is 0 Å². The van der Waals surface area contributed by atoms with Gasteiger partial charge < -0.3 is 5.73 Å². The number of nitrogens with two attached hydrogens (primary N) is 1. The van der Waals surface area contributed by atoms with E-state index < -0.39 is 23.5 Å². The van der Waals surface area contributed by atoms with Gasteiger partial charge in [-0.25, -0.2) is 13.2 Å². The molecule has 2 rings (SSSR count). The number of rotatable bonds is 2. The second kappa shape index (κ2) is 4.45. The van der Waals surface area contributed by atoms with Crippen molar-refractivity contribution in [3.8, 4) is 0 Å². The fraction of sp³-hybridized carbons (Fsp3) is 0.250. The number of hydrogen-bond donors (Lipinski definition) is 1. The molecule has 18 heavy (non-hydrogen) atoms. The molecule has 1 aromatic carbocycles. The maximum absolute atomic E-state index is 13.2. The van der Waals surface area contributed by atoms with Crippen LogP contribution in [0.2, 0.25) is 0 Å². The molecular formula is C12H12F3N3. The molecule has 0 saturated heterocycles. The van der Waals surface area contributed by atoms with E-state index in [0.29, 0.717) is 5.69 Å². The molecule has 2 aromatic rings. The molecule has 3 nitrogen and oxygen atoms in total. The lowest BCUT2D eigenvalue weighted by atomic mass is 10.0. The van der Waals surface area contributed by atoms with Crippen LogP contribution in [0, 0.1) is 24.4 Å². The quantitative estimate of drug-likeness (QED) is 0.836. The van der Waals surface area contributed by atoms with Gasteiger partial charge in [0.15, 0.2) is 17.5 Å². The number of hydrogen-bond acceptors (Lipinski definition) is 2. The van der Waals surface area contributed by atoms with Gasteiger partial charge in [-0.1, -0.05) is 0 Å². The summed E-state index contributed by atoms with van der Waals surface area (Å²) in [5.74, 6) is -3.99. The van der Waals surface area contributed by atoms with Gasteiger partial charge in [-0.2, -0.15) is 5.10 Å². The zero-order valence-electron chi connectivity index (χ0n) is 9.92. The molecule has 1 unspecified atom stereocenters. The minimum atomic E-state index is -1.49. The molecule has 96 valence electrons. The van der Waals surface area contributed by atoms with Gasteiger partial charge in [0.25, 0.3) is 0 Å². The van der Waals surface area contributed by atoms with Crippen molar-refractivity contribution in [2.24, 2.45) is 12.8 Å². The lowest BCUT2D eigenvalue weighted by Gasteiger charge is -2.14. The van der Waals surface area contributed by atoms with Crippen molar-refractivity contribution in [1.29, 1.82) is 0 Å². The Morgan fingerprint density at radius 2 is 1.78 bits per heavy atom. The third-order valence-electron chi connectivity index (χ3n) is 2.84. The molecule has 0 amide bonds. The first-order chi connectivity index (χ1) is 8.41. The van der Waals surface area contributed by atoms with Crippen LogP contribution in [0.5, 0.6) is 0 Å². The number of halogens is 3. The number of nitrogens with zero attached hydrogens (tertiary/aromatic N) is 2. The summed E-state index contributed by atoms with van der Waals surface area (Å²) in [6, 6.07) is 1.03. The summed E-state index contributed by atoms with van der Waals surface area (Å²) >= 11 is 0. The lowest BCUT2D eigenvalue weighted by Crippen LogP contribution is -2.18. The van der Waals surface area contributed by atoms with Crippen molar-refractivity contribution in [3.63, 3.8) is 0 Å². The van der Waals surface area contributed by atoms with Crippen molar-refractivity contribution in [3.05, 3.63) is 52.6 Å². The van der Waals surface area contributed by atoms with E-state index in [2.05, 4.69) is 5.10 Å². The average Bonchev–Trinajstić information content (AvgIpc) is 2.64. The zero-order chi connectivity index (χ0) is 13.4. The van der Waals surface area contributed by atoms with Crippen LogP contribution in [0.3, 0.4) is 0 Å². The highest BCUT2D eigenvalue weighted by molar-refractivity contribution is 5.32. The van der Waals surface area contributed by atoms with E-state index in [4.69, 9.17) is 5.73 Å². The van der Waals surface area contributed by atoms with E-state index in [1.165, 1.54) is 4.68 Å². The van der Waals surface area contributed by atoms with Crippen molar-refractivity contribution < 1.29 is 13.2 Å². The second-order valence-corrected chi connectivity index (χ2v) is 4.11. The van der Waals surface area contributed by atoms with Gasteiger partial charge in [-0.15, -0.1) is 0 Å². The van der Waals surface area contributed by atoms with Crippen molar-refractivity contribution >= 4 is 0 Å². The molecule has 0 saturated carbocycles. The summed E-state index contributed by atoms with van der Waals surface area (Å²) in [6.45, 7) is 1.79. The fourth-order valence-electron chi connectivity index (χ4n) is 1.92. The summed E-state index contributed by atoms with van der Waals surface area (Å²) in [6.07, 6.45) is 1.60. The van der Waals surface area contributed by atoms with Gasteiger partial charge in [-0.3, -0.25) is 4.68 Å². The molecule has 1 aromatic heterocycles. The minimum Gasteiger partial charge on any atom is -0.319 e. The summed E-state index contributed by atoms with van der Waals surface area (Å²) in [7, 11) is 1.68. The van der Waals surface area contributed by atoms with E-state index in [9.17, 15) is 13.2 Å². The third kappa shape index (κ3) is 1.99. The smallest absolute Gasteiger partial charge is 0.194 e. The summed E-state index contributed by atoms with van der Waals surface area (Å²) < 4.78 is 40.7. The molecule has 2 N–H and O–H groups in total. The largest absolute Gasteiger partial charge is 0.319 e. The first-order valence-corrected chi connectivity index (χ1v) is 5.30. The maximum atomic E-state index is 13.2. The molecule has 1 heterocycles. The van der Waals surface area contributed by atoms with Gasteiger partial charge >= 0.3 is 0 Å². The molecule has 0 aliphatic carbocycles. The Balaban J connectivity index is 2.50. The Kier molecular flexibility index (Phi) is 3.13. The van der Waals surface area contributed by atoms with Crippen LogP contribution >= 0.6 is 0 Å². The van der Waals surface area contributed by atoms with Gasteiger partial charge in [-0.05, 0) is 30.2 Å². The van der Waals surface area contributed by atoms with E-state index in [0.717, 1.165) is 17.7 Å². The number of aromatic nitrogens is 2. The summed E-state index contributed by atoms with van der Waals surface area (Å²) in [5.41, 5.74) is 7.52. The van der Waals surface area contributed by atoms with Gasteiger partial charge in [0.1, 0.15) is 0 Å². The predicted octanol–water partition coefficient (Wildman–Crippen LogP) is 2.19. The molecule has 1 atom stereocenters. The SMILES string of the molecule is Cc1cnn(C)c1C(N)c1cc(F)c(F)c(F)c1. The molecular weight excluding hydrogens is 243 g/mol. The minimum absolute atomic E-state index is 0.165. The first-order valence-electron chi connectivity index (χ1n) is 5.30. The van der Waals surface area contributed by atoms with Gasteiger partial charge in [0.05, 0.1) is 17.9 Å². The van der Waals surface area contributed by atoms with Crippen LogP contribution in [0.25, 0.3) is 0 Å². The summed E-state index contributed by atoms with van der Waals surface area (Å²) in [4.78, 5) is 0. The monoisotopic (exact) mass is 255 g/mol. The number of benzene rings is 1. The summed E-state index contributed by atoms with van der Waals surface area (Å²) in [5, 5.41) is 4.00. The molecule has 0 spiro atoms. The molecule has 0 bridgehead atoms. The zero-order valence-corrected chi connectivity index (χ0v) is 9.92. The Hall–Kier alpha value is -1.82. The van der Waals surface area contributed by atoms with Gasteiger partial charge in [0, 0.05) is 7.05 Å². The molecule has 0 aliphatic rings. The van der Waals surface area contributed by atoms with E-state index >= 15 is 0 Å². The van der Waals surface area contributed by atoms with Crippen LogP contribution in [0.4, 0.5) is 13.2 Å². The highest BCUT2D eigenvalue weighted by Gasteiger charge is 2.19. The Morgan fingerprint density at radius 1 is 1.22 bits per heavy atom. The Labute approximate surface area is 102 Å².